The third kappa shape index (κ3) is 3.77. The Hall–Kier alpha value is -0.570. The van der Waals surface area contributed by atoms with Crippen LogP contribution in [-0.2, 0) is 9.53 Å². The number of carbonyl (C=O) groups is 1. The van der Waals surface area contributed by atoms with E-state index >= 15 is 0 Å². The van der Waals surface area contributed by atoms with Crippen LogP contribution in [0, 0.1) is 17.8 Å². The first kappa shape index (κ1) is 10.5. The van der Waals surface area contributed by atoms with Gasteiger partial charge in [-0.1, -0.05) is 13.8 Å². The maximum absolute atomic E-state index is 10.8. The van der Waals surface area contributed by atoms with E-state index < -0.39 is 5.97 Å². The van der Waals surface area contributed by atoms with Gasteiger partial charge in [0, 0.05) is 6.61 Å². The molecule has 0 aromatic carbocycles. The Morgan fingerprint density at radius 1 is 1.54 bits per heavy atom. The Bertz CT molecular complexity index is 173. The summed E-state index contributed by atoms with van der Waals surface area (Å²) in [7, 11) is 0. The van der Waals surface area contributed by atoms with Crippen molar-refractivity contribution in [3.8, 4) is 0 Å². The van der Waals surface area contributed by atoms with Crippen LogP contribution >= 0.6 is 0 Å². The molecule has 13 heavy (non-hydrogen) atoms. The third-order valence-electron chi connectivity index (χ3n) is 2.47. The van der Waals surface area contributed by atoms with Crippen LogP contribution in [0.15, 0.2) is 0 Å². The van der Waals surface area contributed by atoms with Crippen LogP contribution in [0.3, 0.4) is 0 Å². The van der Waals surface area contributed by atoms with Crippen molar-refractivity contribution < 1.29 is 14.6 Å². The van der Waals surface area contributed by atoms with Gasteiger partial charge in [-0.2, -0.15) is 0 Å². The number of carboxylic acids is 1. The van der Waals surface area contributed by atoms with E-state index in [1.54, 1.807) is 0 Å². The number of ether oxygens (including phenoxy) is 1. The fourth-order valence-electron chi connectivity index (χ4n) is 1.20. The summed E-state index contributed by atoms with van der Waals surface area (Å²) < 4.78 is 5.36. The van der Waals surface area contributed by atoms with Crippen LogP contribution in [0.4, 0.5) is 0 Å². The van der Waals surface area contributed by atoms with Crippen LogP contribution < -0.4 is 0 Å². The van der Waals surface area contributed by atoms with Crippen molar-refractivity contribution >= 4 is 5.97 Å². The zero-order valence-electron chi connectivity index (χ0n) is 8.32. The van der Waals surface area contributed by atoms with Gasteiger partial charge in [0.05, 0.1) is 12.5 Å². The van der Waals surface area contributed by atoms with Crippen LogP contribution in [0.2, 0.25) is 0 Å². The van der Waals surface area contributed by atoms with Gasteiger partial charge in [0.15, 0.2) is 0 Å². The molecule has 3 nitrogen and oxygen atoms in total. The summed E-state index contributed by atoms with van der Waals surface area (Å²) in [6.07, 6.45) is 2.50. The van der Waals surface area contributed by atoms with Gasteiger partial charge in [0.1, 0.15) is 0 Å². The van der Waals surface area contributed by atoms with Crippen LogP contribution in [0.1, 0.15) is 26.7 Å². The van der Waals surface area contributed by atoms with Crippen molar-refractivity contribution in [3.63, 3.8) is 0 Å². The van der Waals surface area contributed by atoms with Gasteiger partial charge in [-0.3, -0.25) is 4.79 Å². The van der Waals surface area contributed by atoms with Crippen LogP contribution in [-0.4, -0.2) is 24.3 Å². The van der Waals surface area contributed by atoms with Gasteiger partial charge in [0.25, 0.3) is 0 Å². The molecule has 0 saturated heterocycles. The summed E-state index contributed by atoms with van der Waals surface area (Å²) in [4.78, 5) is 10.8. The summed E-state index contributed by atoms with van der Waals surface area (Å²) >= 11 is 0. The van der Waals surface area contributed by atoms with Crippen LogP contribution in [0.5, 0.6) is 0 Å². The monoisotopic (exact) mass is 186 g/mol. The molecular formula is C10H18O3. The molecule has 0 radical (unpaired) electrons. The van der Waals surface area contributed by atoms with Gasteiger partial charge >= 0.3 is 5.97 Å². The first-order valence-electron chi connectivity index (χ1n) is 4.91. The van der Waals surface area contributed by atoms with Gasteiger partial charge in [0.2, 0.25) is 0 Å². The van der Waals surface area contributed by atoms with Crippen molar-refractivity contribution in [2.75, 3.05) is 13.2 Å². The zero-order chi connectivity index (χ0) is 9.84. The summed E-state index contributed by atoms with van der Waals surface area (Å²) in [5.41, 5.74) is 0. The van der Waals surface area contributed by atoms with E-state index in [0.717, 1.165) is 6.61 Å². The van der Waals surface area contributed by atoms with E-state index in [1.165, 1.54) is 12.8 Å². The largest absolute Gasteiger partial charge is 0.481 e. The summed E-state index contributed by atoms with van der Waals surface area (Å²) in [6, 6.07) is 0. The highest BCUT2D eigenvalue weighted by molar-refractivity contribution is 5.70. The van der Waals surface area contributed by atoms with Crippen molar-refractivity contribution in [2.45, 2.75) is 26.7 Å². The lowest BCUT2D eigenvalue weighted by Gasteiger charge is -2.15. The molecule has 3 heteroatoms. The number of aliphatic carboxylic acids is 1. The normalized spacial score (nSPS) is 19.0. The lowest BCUT2D eigenvalue weighted by molar-refractivity contribution is -0.145. The van der Waals surface area contributed by atoms with Crippen molar-refractivity contribution in [3.05, 3.63) is 0 Å². The minimum atomic E-state index is -0.745. The molecule has 1 fully saturated rings. The fourth-order valence-corrected chi connectivity index (χ4v) is 1.20. The Morgan fingerprint density at radius 3 is 2.54 bits per heavy atom. The Labute approximate surface area is 79.1 Å². The van der Waals surface area contributed by atoms with E-state index in [0.29, 0.717) is 12.5 Å². The van der Waals surface area contributed by atoms with E-state index in [1.807, 2.05) is 13.8 Å². The zero-order valence-corrected chi connectivity index (χ0v) is 8.32. The van der Waals surface area contributed by atoms with E-state index in [2.05, 4.69) is 0 Å². The smallest absolute Gasteiger partial charge is 0.309 e. The molecule has 0 aromatic heterocycles. The maximum Gasteiger partial charge on any atom is 0.309 e. The van der Waals surface area contributed by atoms with E-state index in [9.17, 15) is 4.79 Å². The van der Waals surface area contributed by atoms with Crippen molar-refractivity contribution in [2.24, 2.45) is 17.8 Å². The molecule has 1 N–H and O–H groups in total. The molecule has 0 aromatic rings. The average Bonchev–Trinajstić information content (AvgIpc) is 2.79. The molecule has 1 atom stereocenters. The highest BCUT2D eigenvalue weighted by Gasteiger charge is 2.25. The molecule has 1 aliphatic carbocycles. The standard InChI is InChI=1S/C10H18O3/c1-7(2)9(10(11)12)6-13-5-8-3-4-8/h7-9H,3-6H2,1-2H3,(H,11,12). The number of rotatable bonds is 6. The lowest BCUT2D eigenvalue weighted by Crippen LogP contribution is -2.25. The van der Waals surface area contributed by atoms with Crippen molar-refractivity contribution in [1.82, 2.24) is 0 Å². The minimum Gasteiger partial charge on any atom is -0.481 e. The molecule has 1 unspecified atom stereocenters. The lowest BCUT2D eigenvalue weighted by atomic mass is 9.97. The maximum atomic E-state index is 10.8. The minimum absolute atomic E-state index is 0.150. The van der Waals surface area contributed by atoms with Crippen LogP contribution in [0.25, 0.3) is 0 Å². The highest BCUT2D eigenvalue weighted by Crippen LogP contribution is 2.29. The van der Waals surface area contributed by atoms with E-state index in [4.69, 9.17) is 9.84 Å². The Morgan fingerprint density at radius 2 is 2.15 bits per heavy atom. The predicted molar refractivity (Wildman–Crippen MR) is 49.5 cm³/mol. The first-order valence-corrected chi connectivity index (χ1v) is 4.91. The quantitative estimate of drug-likeness (QED) is 0.687. The molecule has 0 bridgehead atoms. The molecule has 76 valence electrons. The molecular weight excluding hydrogens is 168 g/mol. The predicted octanol–water partition coefficient (Wildman–Crippen LogP) is 1.77. The molecule has 0 aliphatic heterocycles. The highest BCUT2D eigenvalue weighted by atomic mass is 16.5. The second kappa shape index (κ2) is 4.61. The average molecular weight is 186 g/mol. The Kier molecular flexibility index (Phi) is 3.72. The summed E-state index contributed by atoms with van der Waals surface area (Å²) in [5.74, 6) is -0.233. The second-order valence-corrected chi connectivity index (χ2v) is 4.17. The molecule has 0 spiro atoms. The van der Waals surface area contributed by atoms with Gasteiger partial charge in [-0.25, -0.2) is 0 Å². The van der Waals surface area contributed by atoms with Gasteiger partial charge < -0.3 is 9.84 Å². The second-order valence-electron chi connectivity index (χ2n) is 4.17. The van der Waals surface area contributed by atoms with E-state index in [-0.39, 0.29) is 11.8 Å². The SMILES string of the molecule is CC(C)C(COCC1CC1)C(=O)O. The molecule has 1 saturated carbocycles. The summed E-state index contributed by atoms with van der Waals surface area (Å²) in [5, 5.41) is 8.84. The number of hydrogen-bond acceptors (Lipinski definition) is 2. The van der Waals surface area contributed by atoms with Crippen molar-refractivity contribution in [1.29, 1.82) is 0 Å². The molecule has 0 amide bonds. The molecule has 0 heterocycles. The Balaban J connectivity index is 2.16. The number of hydrogen-bond donors (Lipinski definition) is 1. The topological polar surface area (TPSA) is 46.5 Å². The third-order valence-corrected chi connectivity index (χ3v) is 2.47. The molecule has 1 rings (SSSR count). The fraction of sp³-hybridized carbons (Fsp3) is 0.900. The van der Waals surface area contributed by atoms with Gasteiger partial charge in [-0.15, -0.1) is 0 Å². The summed E-state index contributed by atoms with van der Waals surface area (Å²) in [6.45, 7) is 4.94. The molecule has 1 aliphatic rings. The number of carboxylic acid groups (broad SMARTS) is 1. The first-order chi connectivity index (χ1) is 6.11. The van der Waals surface area contributed by atoms with Gasteiger partial charge in [-0.05, 0) is 24.7 Å².